The summed E-state index contributed by atoms with van der Waals surface area (Å²) in [7, 11) is -1.72. The van der Waals surface area contributed by atoms with Crippen molar-refractivity contribution in [1.82, 2.24) is 14.3 Å². The van der Waals surface area contributed by atoms with Crippen LogP contribution in [0, 0.1) is 0 Å². The number of rotatable bonds is 5. The first-order chi connectivity index (χ1) is 9.61. The van der Waals surface area contributed by atoms with Gasteiger partial charge in [-0.15, -0.1) is 0 Å². The van der Waals surface area contributed by atoms with Crippen LogP contribution in [-0.2, 0) is 16.6 Å². The largest absolute Gasteiger partial charge is 0.497 e. The van der Waals surface area contributed by atoms with Gasteiger partial charge in [0.2, 0.25) is 16.0 Å². The summed E-state index contributed by atoms with van der Waals surface area (Å²) in [6.45, 7) is 3.96. The van der Waals surface area contributed by atoms with E-state index in [1.807, 2.05) is 12.1 Å². The van der Waals surface area contributed by atoms with Gasteiger partial charge in [0, 0.05) is 18.2 Å². The van der Waals surface area contributed by atoms with Crippen LogP contribution in [0.25, 0.3) is 11.0 Å². The second-order valence-corrected chi connectivity index (χ2v) is 7.42. The zero-order chi connectivity index (χ0) is 15.8. The SMILES string of the molecule is COc1ccc2c(c1)nc(N)n2CC(C)(C)NS(C)(=O)=O. The van der Waals surface area contributed by atoms with E-state index in [0.29, 0.717) is 23.8 Å². The van der Waals surface area contributed by atoms with Crippen molar-refractivity contribution in [3.8, 4) is 5.75 Å². The minimum Gasteiger partial charge on any atom is -0.497 e. The number of fused-ring (bicyclic) bond motifs is 1. The smallest absolute Gasteiger partial charge is 0.209 e. The van der Waals surface area contributed by atoms with Crippen LogP contribution in [0.1, 0.15) is 13.8 Å². The molecule has 116 valence electrons. The molecule has 0 aliphatic heterocycles. The Morgan fingerprint density at radius 2 is 2.10 bits per heavy atom. The third-order valence-corrected chi connectivity index (χ3v) is 3.92. The Balaban J connectivity index is 2.40. The van der Waals surface area contributed by atoms with Gasteiger partial charge in [0.15, 0.2) is 0 Å². The zero-order valence-electron chi connectivity index (χ0n) is 12.5. The molecule has 2 rings (SSSR count). The van der Waals surface area contributed by atoms with E-state index in [2.05, 4.69) is 9.71 Å². The molecule has 7 nitrogen and oxygen atoms in total. The summed E-state index contributed by atoms with van der Waals surface area (Å²) >= 11 is 0. The molecule has 0 fully saturated rings. The molecule has 3 N–H and O–H groups in total. The maximum absolute atomic E-state index is 11.4. The number of anilines is 1. The van der Waals surface area contributed by atoms with E-state index in [-0.39, 0.29) is 0 Å². The van der Waals surface area contributed by atoms with Gasteiger partial charge in [0.25, 0.3) is 0 Å². The van der Waals surface area contributed by atoms with E-state index in [1.54, 1.807) is 31.6 Å². The Bertz CT molecular complexity index is 765. The number of sulfonamides is 1. The number of ether oxygens (including phenoxy) is 1. The third-order valence-electron chi connectivity index (χ3n) is 3.00. The Hall–Kier alpha value is -1.80. The molecule has 2 aromatic rings. The molecule has 8 heteroatoms. The fourth-order valence-electron chi connectivity index (χ4n) is 2.35. The summed E-state index contributed by atoms with van der Waals surface area (Å²) in [6, 6.07) is 5.46. The topological polar surface area (TPSA) is 99.2 Å². The second-order valence-electron chi connectivity index (χ2n) is 5.67. The molecule has 0 bridgehead atoms. The van der Waals surface area contributed by atoms with Crippen LogP contribution < -0.4 is 15.2 Å². The highest BCUT2D eigenvalue weighted by Crippen LogP contribution is 2.24. The Morgan fingerprint density at radius 1 is 1.43 bits per heavy atom. The number of hydrogen-bond donors (Lipinski definition) is 2. The monoisotopic (exact) mass is 312 g/mol. The Labute approximate surface area is 124 Å². The van der Waals surface area contributed by atoms with Crippen molar-refractivity contribution in [1.29, 1.82) is 0 Å². The van der Waals surface area contributed by atoms with Crippen molar-refractivity contribution in [2.24, 2.45) is 0 Å². The van der Waals surface area contributed by atoms with Crippen LogP contribution in [0.4, 0.5) is 5.95 Å². The zero-order valence-corrected chi connectivity index (χ0v) is 13.4. The number of nitrogens with one attached hydrogen (secondary N) is 1. The van der Waals surface area contributed by atoms with Crippen LogP contribution in [0.15, 0.2) is 18.2 Å². The average molecular weight is 312 g/mol. The highest BCUT2D eigenvalue weighted by atomic mass is 32.2. The van der Waals surface area contributed by atoms with Crippen molar-refractivity contribution in [2.45, 2.75) is 25.9 Å². The van der Waals surface area contributed by atoms with Gasteiger partial charge in [-0.25, -0.2) is 18.1 Å². The van der Waals surface area contributed by atoms with E-state index in [0.717, 1.165) is 11.8 Å². The van der Waals surface area contributed by atoms with Crippen molar-refractivity contribution in [2.75, 3.05) is 19.1 Å². The lowest BCUT2D eigenvalue weighted by molar-refractivity contribution is 0.398. The molecule has 0 aliphatic carbocycles. The molecule has 0 saturated heterocycles. The molecule has 0 spiro atoms. The maximum atomic E-state index is 11.4. The minimum absolute atomic E-state index is 0.335. The van der Waals surface area contributed by atoms with E-state index >= 15 is 0 Å². The number of nitrogens with zero attached hydrogens (tertiary/aromatic N) is 2. The fourth-order valence-corrected chi connectivity index (χ4v) is 3.42. The highest BCUT2D eigenvalue weighted by molar-refractivity contribution is 7.88. The van der Waals surface area contributed by atoms with Gasteiger partial charge in [0.05, 0.1) is 24.4 Å². The summed E-state index contributed by atoms with van der Waals surface area (Å²) < 4.78 is 32.4. The number of nitrogen functional groups attached to an aromatic ring is 1. The Morgan fingerprint density at radius 3 is 2.67 bits per heavy atom. The van der Waals surface area contributed by atoms with Crippen LogP contribution in [0.3, 0.4) is 0 Å². The van der Waals surface area contributed by atoms with Crippen LogP contribution >= 0.6 is 0 Å². The lowest BCUT2D eigenvalue weighted by atomic mass is 10.1. The quantitative estimate of drug-likeness (QED) is 0.856. The first kappa shape index (κ1) is 15.6. The summed E-state index contributed by atoms with van der Waals surface area (Å²) in [4.78, 5) is 4.29. The summed E-state index contributed by atoms with van der Waals surface area (Å²) in [5.41, 5.74) is 6.80. The lowest BCUT2D eigenvalue weighted by Gasteiger charge is -2.26. The number of aromatic nitrogens is 2. The summed E-state index contributed by atoms with van der Waals surface area (Å²) in [5, 5.41) is 0. The van der Waals surface area contributed by atoms with Crippen molar-refractivity contribution >= 4 is 27.0 Å². The maximum Gasteiger partial charge on any atom is 0.209 e. The van der Waals surface area contributed by atoms with Gasteiger partial charge in [-0.3, -0.25) is 0 Å². The molecule has 0 aliphatic rings. The third kappa shape index (κ3) is 3.64. The molecular weight excluding hydrogens is 292 g/mol. The van der Waals surface area contributed by atoms with E-state index in [9.17, 15) is 8.42 Å². The molecule has 0 atom stereocenters. The molecule has 0 radical (unpaired) electrons. The summed E-state index contributed by atoms with van der Waals surface area (Å²) in [5.74, 6) is 1.03. The first-order valence-electron chi connectivity index (χ1n) is 6.40. The van der Waals surface area contributed by atoms with Crippen molar-refractivity contribution in [3.05, 3.63) is 18.2 Å². The van der Waals surface area contributed by atoms with Gasteiger partial charge in [-0.05, 0) is 26.0 Å². The molecule has 0 unspecified atom stereocenters. The molecule has 1 aromatic carbocycles. The molecule has 0 amide bonds. The standard InChI is InChI=1S/C13H20N4O3S/c1-13(2,16-21(4,18)19)8-17-11-6-5-9(20-3)7-10(11)15-12(17)14/h5-7,16H,8H2,1-4H3,(H2,14,15). The van der Waals surface area contributed by atoms with E-state index < -0.39 is 15.6 Å². The van der Waals surface area contributed by atoms with E-state index in [4.69, 9.17) is 10.5 Å². The normalized spacial score (nSPS) is 12.8. The lowest BCUT2D eigenvalue weighted by Crippen LogP contribution is -2.46. The second kappa shape index (κ2) is 5.19. The number of methoxy groups -OCH3 is 1. The average Bonchev–Trinajstić information content (AvgIpc) is 2.61. The molecule has 0 saturated carbocycles. The highest BCUT2D eigenvalue weighted by Gasteiger charge is 2.24. The minimum atomic E-state index is -3.31. The van der Waals surface area contributed by atoms with Gasteiger partial charge >= 0.3 is 0 Å². The van der Waals surface area contributed by atoms with Crippen LogP contribution in [0.5, 0.6) is 5.75 Å². The van der Waals surface area contributed by atoms with Crippen LogP contribution in [0.2, 0.25) is 0 Å². The van der Waals surface area contributed by atoms with Gasteiger partial charge in [-0.2, -0.15) is 0 Å². The van der Waals surface area contributed by atoms with Gasteiger partial charge in [0.1, 0.15) is 5.75 Å². The Kier molecular flexibility index (Phi) is 3.85. The van der Waals surface area contributed by atoms with Gasteiger partial charge < -0.3 is 15.0 Å². The first-order valence-corrected chi connectivity index (χ1v) is 8.29. The van der Waals surface area contributed by atoms with Crippen LogP contribution in [-0.4, -0.2) is 36.9 Å². The number of benzene rings is 1. The van der Waals surface area contributed by atoms with Crippen molar-refractivity contribution in [3.63, 3.8) is 0 Å². The predicted molar refractivity (Wildman–Crippen MR) is 82.8 cm³/mol. The molecular formula is C13H20N4O3S. The number of hydrogen-bond acceptors (Lipinski definition) is 5. The fraction of sp³-hybridized carbons (Fsp3) is 0.462. The molecule has 1 heterocycles. The number of imidazole rings is 1. The van der Waals surface area contributed by atoms with Crippen molar-refractivity contribution < 1.29 is 13.2 Å². The predicted octanol–water partition coefficient (Wildman–Crippen LogP) is 0.955. The molecule has 21 heavy (non-hydrogen) atoms. The van der Waals surface area contributed by atoms with Gasteiger partial charge in [-0.1, -0.05) is 0 Å². The number of nitrogens with two attached hydrogens (primary N) is 1. The van der Waals surface area contributed by atoms with E-state index in [1.165, 1.54) is 0 Å². The molecule has 1 aromatic heterocycles. The summed E-state index contributed by atoms with van der Waals surface area (Å²) in [6.07, 6.45) is 1.13.